The summed E-state index contributed by atoms with van der Waals surface area (Å²) in [5.41, 5.74) is 1.37. The average Bonchev–Trinajstić information content (AvgIpc) is 2.62. The molecule has 1 aliphatic heterocycles. The Morgan fingerprint density at radius 1 is 1.42 bits per heavy atom. The minimum absolute atomic E-state index is 0.00722. The van der Waals surface area contributed by atoms with Gasteiger partial charge in [-0.1, -0.05) is 0 Å². The highest BCUT2D eigenvalue weighted by Gasteiger charge is 2.22. The van der Waals surface area contributed by atoms with Gasteiger partial charge in [0, 0.05) is 37.8 Å². The zero-order valence-corrected chi connectivity index (χ0v) is 15.0. The highest BCUT2D eigenvalue weighted by atomic mass is 16.5. The second-order valence-corrected chi connectivity index (χ2v) is 6.69. The molecule has 1 atom stereocenters. The van der Waals surface area contributed by atoms with E-state index >= 15 is 0 Å². The third-order valence-electron chi connectivity index (χ3n) is 4.87. The van der Waals surface area contributed by atoms with E-state index in [4.69, 9.17) is 9.84 Å². The quantitative estimate of drug-likeness (QED) is 0.842. The van der Waals surface area contributed by atoms with Crippen molar-refractivity contribution in [1.29, 1.82) is 0 Å². The fraction of sp³-hybridized carbons (Fsp3) is 0.500. The lowest BCUT2D eigenvalue weighted by Crippen LogP contribution is -2.45. The van der Waals surface area contributed by atoms with Crippen LogP contribution in [0.25, 0.3) is 11.0 Å². The minimum Gasteiger partial charge on any atom is -0.497 e. The van der Waals surface area contributed by atoms with Gasteiger partial charge in [-0.05, 0) is 31.9 Å². The number of amides is 1. The molecule has 8 nitrogen and oxygen atoms in total. The Bertz CT molecular complexity index is 843. The lowest BCUT2D eigenvalue weighted by Gasteiger charge is -2.33. The number of nitrogens with one attached hydrogen (secondary N) is 1. The zero-order chi connectivity index (χ0) is 18.7. The molecule has 1 aromatic heterocycles. The van der Waals surface area contributed by atoms with Gasteiger partial charge in [-0.15, -0.1) is 0 Å². The predicted molar refractivity (Wildman–Crippen MR) is 97.9 cm³/mol. The second kappa shape index (κ2) is 7.74. The van der Waals surface area contributed by atoms with Crippen LogP contribution in [0.5, 0.6) is 5.75 Å². The molecule has 0 aliphatic carbocycles. The molecule has 0 bridgehead atoms. The molecule has 1 aromatic carbocycles. The molecule has 0 radical (unpaired) electrons. The van der Waals surface area contributed by atoms with Crippen molar-refractivity contribution < 1.29 is 14.6 Å². The molecule has 1 saturated heterocycles. The number of fused-ring (bicyclic) bond motifs is 1. The van der Waals surface area contributed by atoms with Crippen LogP contribution in [-0.4, -0.2) is 58.4 Å². The van der Waals surface area contributed by atoms with E-state index in [2.05, 4.69) is 15.2 Å². The van der Waals surface area contributed by atoms with Crippen LogP contribution >= 0.6 is 0 Å². The average molecular weight is 360 g/mol. The van der Waals surface area contributed by atoms with Crippen LogP contribution in [0.2, 0.25) is 0 Å². The Kier molecular flexibility index (Phi) is 5.41. The van der Waals surface area contributed by atoms with Crippen molar-refractivity contribution >= 4 is 17.1 Å². The first-order valence-electron chi connectivity index (χ1n) is 8.75. The standard InChI is InChI=1S/C18H24N4O4/c1-12(11-21-7-5-13(6-8-21)20-18(24)25)22-16-9-14(26-2)3-4-15(16)19-10-17(22)23/h3-4,9-10,12-13,20H,5-8,11H2,1-2H3,(H,24,25). The molecule has 140 valence electrons. The molecule has 3 rings (SSSR count). The van der Waals surface area contributed by atoms with E-state index in [-0.39, 0.29) is 17.6 Å². The molecule has 1 amide bonds. The first-order valence-corrected chi connectivity index (χ1v) is 8.75. The maximum atomic E-state index is 12.5. The number of piperidine rings is 1. The largest absolute Gasteiger partial charge is 0.497 e. The van der Waals surface area contributed by atoms with Crippen molar-refractivity contribution in [2.75, 3.05) is 26.7 Å². The van der Waals surface area contributed by atoms with E-state index in [1.807, 2.05) is 25.1 Å². The highest BCUT2D eigenvalue weighted by Crippen LogP contribution is 2.21. The summed E-state index contributed by atoms with van der Waals surface area (Å²) in [7, 11) is 1.60. The number of rotatable bonds is 5. The number of aromatic nitrogens is 2. The number of hydrogen-bond donors (Lipinski definition) is 2. The highest BCUT2D eigenvalue weighted by molar-refractivity contribution is 5.76. The van der Waals surface area contributed by atoms with Gasteiger partial charge in [0.25, 0.3) is 5.56 Å². The van der Waals surface area contributed by atoms with Crippen LogP contribution in [-0.2, 0) is 0 Å². The van der Waals surface area contributed by atoms with E-state index in [0.29, 0.717) is 5.75 Å². The van der Waals surface area contributed by atoms with E-state index in [9.17, 15) is 9.59 Å². The van der Waals surface area contributed by atoms with Crippen molar-refractivity contribution in [3.63, 3.8) is 0 Å². The fourth-order valence-electron chi connectivity index (χ4n) is 3.58. The topological polar surface area (TPSA) is 96.7 Å². The van der Waals surface area contributed by atoms with Gasteiger partial charge in [-0.3, -0.25) is 4.79 Å². The third kappa shape index (κ3) is 3.96. The Morgan fingerprint density at radius 3 is 2.81 bits per heavy atom. The summed E-state index contributed by atoms with van der Waals surface area (Å²) >= 11 is 0. The van der Waals surface area contributed by atoms with E-state index in [1.54, 1.807) is 11.7 Å². The summed E-state index contributed by atoms with van der Waals surface area (Å²) < 4.78 is 7.04. The maximum absolute atomic E-state index is 12.5. The van der Waals surface area contributed by atoms with Gasteiger partial charge in [-0.25, -0.2) is 9.78 Å². The lowest BCUT2D eigenvalue weighted by molar-refractivity contribution is 0.159. The lowest BCUT2D eigenvalue weighted by atomic mass is 10.0. The first-order chi connectivity index (χ1) is 12.5. The van der Waals surface area contributed by atoms with Gasteiger partial charge in [0.2, 0.25) is 0 Å². The number of hydrogen-bond acceptors (Lipinski definition) is 5. The molecule has 2 N–H and O–H groups in total. The molecule has 26 heavy (non-hydrogen) atoms. The van der Waals surface area contributed by atoms with Crippen LogP contribution < -0.4 is 15.6 Å². The van der Waals surface area contributed by atoms with Gasteiger partial charge >= 0.3 is 6.09 Å². The summed E-state index contributed by atoms with van der Waals surface area (Å²) in [4.78, 5) is 29.7. The van der Waals surface area contributed by atoms with E-state index in [1.165, 1.54) is 6.20 Å². The molecule has 1 aliphatic rings. The molecule has 1 fully saturated rings. The molecule has 8 heteroatoms. The number of nitrogens with zero attached hydrogens (tertiary/aromatic N) is 3. The molecule has 2 heterocycles. The van der Waals surface area contributed by atoms with Crippen molar-refractivity contribution in [1.82, 2.24) is 19.8 Å². The Morgan fingerprint density at radius 2 is 2.15 bits per heavy atom. The monoisotopic (exact) mass is 360 g/mol. The molecule has 0 spiro atoms. The van der Waals surface area contributed by atoms with Gasteiger partial charge in [0.15, 0.2) is 0 Å². The number of carbonyl (C=O) groups is 1. The van der Waals surface area contributed by atoms with Gasteiger partial charge in [0.05, 0.1) is 24.3 Å². The molecule has 0 saturated carbocycles. The zero-order valence-electron chi connectivity index (χ0n) is 15.0. The second-order valence-electron chi connectivity index (χ2n) is 6.69. The van der Waals surface area contributed by atoms with Crippen molar-refractivity contribution in [3.05, 3.63) is 34.7 Å². The number of benzene rings is 1. The summed E-state index contributed by atoms with van der Waals surface area (Å²) in [6, 6.07) is 5.48. The number of likely N-dealkylation sites (tertiary alicyclic amines) is 1. The van der Waals surface area contributed by atoms with Gasteiger partial charge in [0.1, 0.15) is 5.75 Å². The maximum Gasteiger partial charge on any atom is 0.404 e. The van der Waals surface area contributed by atoms with E-state index in [0.717, 1.165) is 43.5 Å². The van der Waals surface area contributed by atoms with Crippen molar-refractivity contribution in [2.45, 2.75) is 31.8 Å². The summed E-state index contributed by atoms with van der Waals surface area (Å²) in [6.45, 7) is 4.34. The first kappa shape index (κ1) is 18.2. The van der Waals surface area contributed by atoms with Crippen LogP contribution in [0.1, 0.15) is 25.8 Å². The molecular formula is C18H24N4O4. The van der Waals surface area contributed by atoms with Crippen LogP contribution in [0.4, 0.5) is 4.79 Å². The van der Waals surface area contributed by atoms with Crippen molar-refractivity contribution in [2.24, 2.45) is 0 Å². The fourth-order valence-corrected chi connectivity index (χ4v) is 3.58. The summed E-state index contributed by atoms with van der Waals surface area (Å²) in [5, 5.41) is 11.4. The molecule has 1 unspecified atom stereocenters. The van der Waals surface area contributed by atoms with Gasteiger partial charge in [-0.2, -0.15) is 0 Å². The smallest absolute Gasteiger partial charge is 0.404 e. The minimum atomic E-state index is -0.972. The summed E-state index contributed by atoms with van der Waals surface area (Å²) in [5.74, 6) is 0.686. The normalized spacial score (nSPS) is 17.2. The van der Waals surface area contributed by atoms with Crippen molar-refractivity contribution in [3.8, 4) is 5.75 Å². The third-order valence-corrected chi connectivity index (χ3v) is 4.87. The Labute approximate surface area is 151 Å². The number of ether oxygens (including phenoxy) is 1. The summed E-state index contributed by atoms with van der Waals surface area (Å²) in [6.07, 6.45) is 1.94. The molecular weight excluding hydrogens is 336 g/mol. The Balaban J connectivity index is 1.76. The van der Waals surface area contributed by atoms with E-state index < -0.39 is 6.09 Å². The SMILES string of the molecule is COc1ccc2ncc(=O)n(C(C)CN3CCC(NC(=O)O)CC3)c2c1. The molecule has 2 aromatic rings. The number of methoxy groups -OCH3 is 1. The van der Waals surface area contributed by atoms with Crippen LogP contribution in [0, 0.1) is 0 Å². The predicted octanol–water partition coefficient (Wildman–Crippen LogP) is 1.70. The Hall–Kier alpha value is -2.61. The van der Waals surface area contributed by atoms with Gasteiger partial charge < -0.3 is 24.6 Å². The van der Waals surface area contributed by atoms with Crippen LogP contribution in [0.3, 0.4) is 0 Å². The van der Waals surface area contributed by atoms with Crippen LogP contribution in [0.15, 0.2) is 29.2 Å². The number of carboxylic acid groups (broad SMARTS) is 1.